The van der Waals surface area contributed by atoms with Gasteiger partial charge in [0.1, 0.15) is 0 Å². The summed E-state index contributed by atoms with van der Waals surface area (Å²) in [6.45, 7) is 11.9. The highest BCUT2D eigenvalue weighted by atomic mass is 16.5. The molecule has 4 fully saturated rings. The van der Waals surface area contributed by atoms with Crippen molar-refractivity contribution >= 4 is 5.91 Å². The number of morpholine rings is 1. The molecular weight excluding hydrogens is 390 g/mol. The summed E-state index contributed by atoms with van der Waals surface area (Å²) in [5.74, 6) is 0.738. The third-order valence-corrected chi connectivity index (χ3v) is 9.16. The Morgan fingerprint density at radius 2 is 1.74 bits per heavy atom. The molecule has 0 spiro atoms. The molecule has 0 unspecified atom stereocenters. The van der Waals surface area contributed by atoms with Crippen LogP contribution in [0.3, 0.4) is 0 Å². The fourth-order valence-corrected chi connectivity index (χ4v) is 7.23. The predicted molar refractivity (Wildman–Crippen MR) is 123 cm³/mol. The van der Waals surface area contributed by atoms with Crippen LogP contribution in [0.25, 0.3) is 0 Å². The van der Waals surface area contributed by atoms with E-state index in [1.54, 1.807) is 0 Å². The number of hydrogen-bond donors (Lipinski definition) is 2. The Morgan fingerprint density at radius 1 is 1.06 bits per heavy atom. The van der Waals surface area contributed by atoms with Crippen molar-refractivity contribution < 1.29 is 14.6 Å². The minimum Gasteiger partial charge on any atom is -0.390 e. The molecule has 6 heteroatoms. The van der Waals surface area contributed by atoms with Gasteiger partial charge in [0.05, 0.1) is 18.8 Å². The second-order valence-corrected chi connectivity index (χ2v) is 12.0. The number of carbonyl (C=O) groups is 1. The van der Waals surface area contributed by atoms with E-state index < -0.39 is 5.60 Å². The Hall–Kier alpha value is -0.690. The van der Waals surface area contributed by atoms with Crippen molar-refractivity contribution in [1.29, 1.82) is 0 Å². The van der Waals surface area contributed by atoms with Crippen molar-refractivity contribution in [3.63, 3.8) is 0 Å². The zero-order chi connectivity index (χ0) is 22.3. The molecule has 4 atom stereocenters. The van der Waals surface area contributed by atoms with Crippen LogP contribution in [0, 0.1) is 16.7 Å². The lowest BCUT2D eigenvalue weighted by atomic mass is 9.57. The zero-order valence-corrected chi connectivity index (χ0v) is 20.3. The van der Waals surface area contributed by atoms with Gasteiger partial charge >= 0.3 is 0 Å². The molecule has 4 rings (SSSR count). The van der Waals surface area contributed by atoms with E-state index in [0.717, 1.165) is 58.3 Å². The summed E-state index contributed by atoms with van der Waals surface area (Å²) in [7, 11) is 2.22. The molecule has 2 saturated carbocycles. The molecule has 2 saturated heterocycles. The van der Waals surface area contributed by atoms with Gasteiger partial charge in [0, 0.05) is 31.6 Å². The van der Waals surface area contributed by atoms with Crippen molar-refractivity contribution in [2.24, 2.45) is 16.7 Å². The maximum Gasteiger partial charge on any atom is 0.222 e. The van der Waals surface area contributed by atoms with Crippen LogP contribution in [-0.2, 0) is 9.53 Å². The molecule has 0 aromatic carbocycles. The number of piperidine rings is 1. The van der Waals surface area contributed by atoms with Crippen LogP contribution in [0.15, 0.2) is 0 Å². The molecule has 0 bridgehead atoms. The normalized spacial score (nSPS) is 39.5. The number of nitrogens with one attached hydrogen (secondary N) is 1. The number of aliphatic hydroxyl groups is 1. The van der Waals surface area contributed by atoms with Crippen molar-refractivity contribution in [2.45, 2.75) is 89.8 Å². The van der Waals surface area contributed by atoms with Gasteiger partial charge in [-0.1, -0.05) is 13.8 Å². The number of likely N-dealkylation sites (tertiary alicyclic amines) is 1. The first-order valence-corrected chi connectivity index (χ1v) is 12.6. The minimum atomic E-state index is -0.581. The summed E-state index contributed by atoms with van der Waals surface area (Å²) in [5, 5.41) is 15.1. The van der Waals surface area contributed by atoms with E-state index in [1.165, 1.54) is 12.8 Å². The molecular formula is C25H45N3O3. The first kappa shape index (κ1) is 23.5. The van der Waals surface area contributed by atoms with Gasteiger partial charge in [0.25, 0.3) is 0 Å². The summed E-state index contributed by atoms with van der Waals surface area (Å²) in [4.78, 5) is 17.5. The Kier molecular flexibility index (Phi) is 6.75. The van der Waals surface area contributed by atoms with Crippen molar-refractivity contribution in [3.8, 4) is 0 Å². The fourth-order valence-electron chi connectivity index (χ4n) is 7.23. The van der Waals surface area contributed by atoms with E-state index in [9.17, 15) is 9.90 Å². The Morgan fingerprint density at radius 3 is 2.42 bits per heavy atom. The van der Waals surface area contributed by atoms with E-state index >= 15 is 0 Å². The molecule has 6 nitrogen and oxygen atoms in total. The average Bonchev–Trinajstić information content (AvgIpc) is 2.94. The monoisotopic (exact) mass is 435 g/mol. The van der Waals surface area contributed by atoms with Crippen LogP contribution in [0.4, 0.5) is 0 Å². The van der Waals surface area contributed by atoms with Gasteiger partial charge in [-0.25, -0.2) is 0 Å². The van der Waals surface area contributed by atoms with E-state index in [-0.39, 0.29) is 16.7 Å². The minimum absolute atomic E-state index is 0.108. The van der Waals surface area contributed by atoms with Gasteiger partial charge in [-0.2, -0.15) is 0 Å². The zero-order valence-electron chi connectivity index (χ0n) is 20.3. The van der Waals surface area contributed by atoms with Crippen LogP contribution in [0.2, 0.25) is 0 Å². The average molecular weight is 436 g/mol. The van der Waals surface area contributed by atoms with E-state index in [2.05, 4.69) is 31.1 Å². The summed E-state index contributed by atoms with van der Waals surface area (Å²) in [6.07, 6.45) is 7.85. The summed E-state index contributed by atoms with van der Waals surface area (Å²) in [5.41, 5.74) is -0.297. The number of hydrogen-bond acceptors (Lipinski definition) is 5. The number of amides is 1. The van der Waals surface area contributed by atoms with Crippen LogP contribution < -0.4 is 5.32 Å². The lowest BCUT2D eigenvalue weighted by Gasteiger charge is -2.51. The third kappa shape index (κ3) is 4.97. The lowest BCUT2D eigenvalue weighted by molar-refractivity contribution is -0.137. The van der Waals surface area contributed by atoms with E-state index in [0.29, 0.717) is 37.6 Å². The van der Waals surface area contributed by atoms with E-state index in [4.69, 9.17) is 4.74 Å². The maximum absolute atomic E-state index is 13.0. The van der Waals surface area contributed by atoms with E-state index in [1.807, 2.05) is 11.8 Å². The van der Waals surface area contributed by atoms with Crippen molar-refractivity contribution in [1.82, 2.24) is 15.1 Å². The number of ether oxygens (including phenoxy) is 1. The molecule has 1 amide bonds. The highest BCUT2D eigenvalue weighted by Crippen LogP contribution is 2.64. The maximum atomic E-state index is 13.0. The van der Waals surface area contributed by atoms with Gasteiger partial charge in [-0.3, -0.25) is 4.79 Å². The second kappa shape index (κ2) is 8.92. The van der Waals surface area contributed by atoms with Gasteiger partial charge in [0.2, 0.25) is 5.91 Å². The number of nitrogens with zero attached hydrogens (tertiary/aromatic N) is 2. The standard InChI is InChI=1S/C25H45N3O3/c1-23(2)18-21(26-19-6-11-27(4)12-7-19)25(10-9-24(3,30)17-20(23)25)8-5-22(29)28-13-15-31-16-14-28/h19-21,26,30H,5-18H2,1-4H3/t20-,21-,24-,25-/m0/s1. The molecule has 2 N–H and O–H groups in total. The lowest BCUT2D eigenvalue weighted by Crippen LogP contribution is -2.55. The number of carbonyl (C=O) groups excluding carboxylic acids is 1. The summed E-state index contributed by atoms with van der Waals surface area (Å²) < 4.78 is 5.44. The van der Waals surface area contributed by atoms with Crippen LogP contribution in [0.5, 0.6) is 0 Å². The smallest absolute Gasteiger partial charge is 0.222 e. The number of fused-ring (bicyclic) bond motifs is 1. The van der Waals surface area contributed by atoms with Crippen molar-refractivity contribution in [2.75, 3.05) is 46.4 Å². The van der Waals surface area contributed by atoms with Gasteiger partial charge < -0.3 is 25.0 Å². The van der Waals surface area contributed by atoms with Crippen LogP contribution >= 0.6 is 0 Å². The SMILES string of the molecule is CN1CCC(N[C@H]2CC(C)(C)[C@@H]3C[C@@](C)(O)CC[C@]23CCC(=O)N2CCOCC2)CC1. The van der Waals surface area contributed by atoms with Gasteiger partial charge in [-0.15, -0.1) is 0 Å². The second-order valence-electron chi connectivity index (χ2n) is 12.0. The summed E-state index contributed by atoms with van der Waals surface area (Å²) >= 11 is 0. The van der Waals surface area contributed by atoms with Crippen LogP contribution in [0.1, 0.15) is 72.1 Å². The molecule has 31 heavy (non-hydrogen) atoms. The molecule has 4 aliphatic rings. The van der Waals surface area contributed by atoms with Gasteiger partial charge in [0.15, 0.2) is 0 Å². The fraction of sp³-hybridized carbons (Fsp3) is 0.960. The quantitative estimate of drug-likeness (QED) is 0.695. The third-order valence-electron chi connectivity index (χ3n) is 9.16. The topological polar surface area (TPSA) is 65.0 Å². The molecule has 0 aromatic heterocycles. The largest absolute Gasteiger partial charge is 0.390 e. The molecule has 2 heterocycles. The predicted octanol–water partition coefficient (Wildman–Crippen LogP) is 2.65. The number of rotatable bonds is 5. The van der Waals surface area contributed by atoms with Crippen LogP contribution in [-0.4, -0.2) is 84.9 Å². The molecule has 0 radical (unpaired) electrons. The van der Waals surface area contributed by atoms with Gasteiger partial charge in [-0.05, 0) is 88.8 Å². The molecule has 178 valence electrons. The Bertz CT molecular complexity index is 638. The molecule has 2 aliphatic carbocycles. The highest BCUT2D eigenvalue weighted by molar-refractivity contribution is 5.76. The first-order chi connectivity index (χ1) is 14.6. The Balaban J connectivity index is 1.52. The van der Waals surface area contributed by atoms with Crippen molar-refractivity contribution in [3.05, 3.63) is 0 Å². The molecule has 0 aromatic rings. The highest BCUT2D eigenvalue weighted by Gasteiger charge is 2.61. The first-order valence-electron chi connectivity index (χ1n) is 12.6. The molecule has 2 aliphatic heterocycles. The Labute approximate surface area is 189 Å². The summed E-state index contributed by atoms with van der Waals surface area (Å²) in [6, 6.07) is 1.01.